The summed E-state index contributed by atoms with van der Waals surface area (Å²) in [6.45, 7) is 3.86. The monoisotopic (exact) mass is 332 g/mol. The second-order valence-electron chi connectivity index (χ2n) is 5.35. The fraction of sp³-hybridized carbons (Fsp3) is 0.571. The molecule has 0 bridgehead atoms. The third-order valence-corrected chi connectivity index (χ3v) is 6.10. The molecule has 0 amide bonds. The minimum Gasteiger partial charge on any atom is -0.495 e. The first-order chi connectivity index (χ1) is 9.90. The van der Waals surface area contributed by atoms with Crippen LogP contribution >= 0.6 is 11.6 Å². The molecule has 1 atom stereocenters. The number of sulfonamides is 1. The highest BCUT2D eigenvalue weighted by atomic mass is 35.5. The first-order valence-electron chi connectivity index (χ1n) is 6.83. The van der Waals surface area contributed by atoms with E-state index in [1.807, 2.05) is 14.0 Å². The Bertz CT molecular complexity index is 606. The minimum absolute atomic E-state index is 0.0637. The van der Waals surface area contributed by atoms with E-state index >= 15 is 0 Å². The maximum atomic E-state index is 12.9. The predicted octanol–water partition coefficient (Wildman–Crippen LogP) is 1.76. The van der Waals surface area contributed by atoms with Crippen molar-refractivity contribution in [2.45, 2.75) is 23.7 Å². The SMILES string of the molecule is COc1cc(CCl)ccc1S(=O)(=O)N1CCN(C)CC1C. The zero-order chi connectivity index (χ0) is 15.6. The second-order valence-corrected chi connectivity index (χ2v) is 7.47. The lowest BCUT2D eigenvalue weighted by Gasteiger charge is -2.37. The lowest BCUT2D eigenvalue weighted by atomic mass is 10.2. The van der Waals surface area contributed by atoms with Crippen molar-refractivity contribution in [1.82, 2.24) is 9.21 Å². The van der Waals surface area contributed by atoms with E-state index in [1.165, 1.54) is 7.11 Å². The Kier molecular flexibility index (Phi) is 5.14. The van der Waals surface area contributed by atoms with E-state index in [9.17, 15) is 8.42 Å². The molecule has 1 aromatic carbocycles. The number of ether oxygens (including phenoxy) is 1. The molecule has 0 aromatic heterocycles. The third-order valence-electron chi connectivity index (χ3n) is 3.74. The maximum Gasteiger partial charge on any atom is 0.247 e. The summed E-state index contributed by atoms with van der Waals surface area (Å²) in [4.78, 5) is 2.33. The topological polar surface area (TPSA) is 49.9 Å². The highest BCUT2D eigenvalue weighted by Gasteiger charge is 2.34. The number of benzene rings is 1. The molecule has 0 saturated carbocycles. The molecule has 0 radical (unpaired) electrons. The fourth-order valence-electron chi connectivity index (χ4n) is 2.61. The van der Waals surface area contributed by atoms with Gasteiger partial charge in [-0.05, 0) is 31.7 Å². The van der Waals surface area contributed by atoms with E-state index in [0.29, 0.717) is 18.2 Å². The number of hydrogen-bond acceptors (Lipinski definition) is 4. The van der Waals surface area contributed by atoms with Gasteiger partial charge in [-0.25, -0.2) is 8.42 Å². The van der Waals surface area contributed by atoms with Crippen molar-refractivity contribution in [2.75, 3.05) is 33.8 Å². The average Bonchev–Trinajstić information content (AvgIpc) is 2.46. The van der Waals surface area contributed by atoms with E-state index in [2.05, 4.69) is 4.90 Å². The number of piperazine rings is 1. The molecular formula is C14H21ClN2O3S. The van der Waals surface area contributed by atoms with Crippen LogP contribution in [0.3, 0.4) is 0 Å². The first kappa shape index (κ1) is 16.5. The van der Waals surface area contributed by atoms with Crippen molar-refractivity contribution in [3.63, 3.8) is 0 Å². The van der Waals surface area contributed by atoms with Crippen molar-refractivity contribution in [1.29, 1.82) is 0 Å². The number of alkyl halides is 1. The summed E-state index contributed by atoms with van der Waals surface area (Å²) in [6.07, 6.45) is 0. The number of likely N-dealkylation sites (N-methyl/N-ethyl adjacent to an activating group) is 1. The Labute approximate surface area is 131 Å². The number of methoxy groups -OCH3 is 1. The van der Waals surface area contributed by atoms with Crippen LogP contribution < -0.4 is 4.74 Å². The summed E-state index contributed by atoms with van der Waals surface area (Å²) >= 11 is 5.79. The molecule has 1 fully saturated rings. The lowest BCUT2D eigenvalue weighted by Crippen LogP contribution is -2.52. The van der Waals surface area contributed by atoms with Crippen molar-refractivity contribution >= 4 is 21.6 Å². The van der Waals surface area contributed by atoms with Gasteiger partial charge in [0, 0.05) is 31.6 Å². The Hall–Kier alpha value is -0.820. The van der Waals surface area contributed by atoms with Gasteiger partial charge < -0.3 is 9.64 Å². The summed E-state index contributed by atoms with van der Waals surface area (Å²) in [5.74, 6) is 0.668. The molecule has 1 aliphatic heterocycles. The Morgan fingerprint density at radius 3 is 2.67 bits per heavy atom. The van der Waals surface area contributed by atoms with Crippen LogP contribution in [-0.4, -0.2) is 57.5 Å². The standard InChI is InChI=1S/C14H21ClN2O3S/c1-11-10-16(2)6-7-17(11)21(18,19)14-5-4-12(9-15)8-13(14)20-3/h4-5,8,11H,6-7,9-10H2,1-3H3. The first-order valence-corrected chi connectivity index (χ1v) is 8.81. The minimum atomic E-state index is -3.56. The quantitative estimate of drug-likeness (QED) is 0.788. The lowest BCUT2D eigenvalue weighted by molar-refractivity contribution is 0.170. The van der Waals surface area contributed by atoms with Gasteiger partial charge >= 0.3 is 0 Å². The van der Waals surface area contributed by atoms with Gasteiger partial charge in [0.15, 0.2) is 0 Å². The molecule has 1 aliphatic rings. The molecule has 1 saturated heterocycles. The number of nitrogens with zero attached hydrogens (tertiary/aromatic N) is 2. The smallest absolute Gasteiger partial charge is 0.247 e. The van der Waals surface area contributed by atoms with Crippen LogP contribution in [0.4, 0.5) is 0 Å². The largest absolute Gasteiger partial charge is 0.495 e. The molecule has 21 heavy (non-hydrogen) atoms. The van der Waals surface area contributed by atoms with Gasteiger partial charge in [0.1, 0.15) is 10.6 Å². The second kappa shape index (κ2) is 6.52. The van der Waals surface area contributed by atoms with Crippen molar-refractivity contribution in [3.8, 4) is 5.75 Å². The van der Waals surface area contributed by atoms with E-state index < -0.39 is 10.0 Å². The van der Waals surface area contributed by atoms with Crippen molar-refractivity contribution in [3.05, 3.63) is 23.8 Å². The van der Waals surface area contributed by atoms with Crippen molar-refractivity contribution < 1.29 is 13.2 Å². The molecule has 0 aliphatic carbocycles. The average molecular weight is 333 g/mol. The van der Waals surface area contributed by atoms with Crippen LogP contribution in [0, 0.1) is 0 Å². The van der Waals surface area contributed by atoms with E-state index in [1.54, 1.807) is 22.5 Å². The van der Waals surface area contributed by atoms with E-state index in [4.69, 9.17) is 16.3 Å². The van der Waals surface area contributed by atoms with E-state index in [0.717, 1.165) is 18.7 Å². The predicted molar refractivity (Wildman–Crippen MR) is 83.4 cm³/mol. The Morgan fingerprint density at radius 1 is 1.38 bits per heavy atom. The Balaban J connectivity index is 2.39. The Morgan fingerprint density at radius 2 is 2.10 bits per heavy atom. The van der Waals surface area contributed by atoms with Gasteiger partial charge in [-0.15, -0.1) is 11.6 Å². The van der Waals surface area contributed by atoms with E-state index in [-0.39, 0.29) is 10.9 Å². The summed E-state index contributed by atoms with van der Waals surface area (Å²) in [5.41, 5.74) is 0.832. The summed E-state index contributed by atoms with van der Waals surface area (Å²) < 4.78 is 32.5. The van der Waals surface area contributed by atoms with Crippen LogP contribution in [0.5, 0.6) is 5.75 Å². The molecule has 0 spiro atoms. The molecule has 7 heteroatoms. The van der Waals surface area contributed by atoms with Gasteiger partial charge in [-0.1, -0.05) is 6.07 Å². The molecule has 0 N–H and O–H groups in total. The molecule has 118 valence electrons. The summed E-state index contributed by atoms with van der Waals surface area (Å²) in [7, 11) is -0.0955. The number of rotatable bonds is 4. The fourth-order valence-corrected chi connectivity index (χ4v) is 4.53. The highest BCUT2D eigenvalue weighted by molar-refractivity contribution is 7.89. The summed E-state index contributed by atoms with van der Waals surface area (Å²) in [6, 6.07) is 4.92. The number of hydrogen-bond donors (Lipinski definition) is 0. The zero-order valence-corrected chi connectivity index (χ0v) is 14.1. The van der Waals surface area contributed by atoms with Crippen LogP contribution in [0.1, 0.15) is 12.5 Å². The van der Waals surface area contributed by atoms with Crippen LogP contribution in [0.2, 0.25) is 0 Å². The van der Waals surface area contributed by atoms with Gasteiger partial charge in [0.2, 0.25) is 10.0 Å². The van der Waals surface area contributed by atoms with Crippen molar-refractivity contribution in [2.24, 2.45) is 0 Å². The van der Waals surface area contributed by atoms with Crippen LogP contribution in [0.15, 0.2) is 23.1 Å². The van der Waals surface area contributed by atoms with Crippen LogP contribution in [-0.2, 0) is 15.9 Å². The molecule has 5 nitrogen and oxygen atoms in total. The molecular weight excluding hydrogens is 312 g/mol. The van der Waals surface area contributed by atoms with Crippen LogP contribution in [0.25, 0.3) is 0 Å². The normalized spacial score (nSPS) is 21.4. The molecule has 1 heterocycles. The third kappa shape index (κ3) is 3.34. The zero-order valence-electron chi connectivity index (χ0n) is 12.5. The summed E-state index contributed by atoms with van der Waals surface area (Å²) in [5, 5.41) is 0. The molecule has 2 rings (SSSR count). The highest BCUT2D eigenvalue weighted by Crippen LogP contribution is 2.30. The maximum absolute atomic E-state index is 12.9. The number of halogens is 1. The van der Waals surface area contributed by atoms with Gasteiger partial charge in [-0.3, -0.25) is 0 Å². The molecule has 1 unspecified atom stereocenters. The molecule has 1 aromatic rings. The van der Waals surface area contributed by atoms with Gasteiger partial charge in [-0.2, -0.15) is 4.31 Å². The van der Waals surface area contributed by atoms with Gasteiger partial charge in [0.05, 0.1) is 7.11 Å². The van der Waals surface area contributed by atoms with Gasteiger partial charge in [0.25, 0.3) is 0 Å².